The predicted octanol–water partition coefficient (Wildman–Crippen LogP) is 3.90. The van der Waals surface area contributed by atoms with Crippen molar-refractivity contribution in [3.63, 3.8) is 0 Å². The summed E-state index contributed by atoms with van der Waals surface area (Å²) in [6.07, 6.45) is 15.3. The van der Waals surface area contributed by atoms with Crippen molar-refractivity contribution in [1.29, 1.82) is 0 Å². The number of likely N-dealkylation sites (tertiary alicyclic amines) is 1. The van der Waals surface area contributed by atoms with Crippen LogP contribution in [0.2, 0.25) is 0 Å². The second kappa shape index (κ2) is 12.6. The summed E-state index contributed by atoms with van der Waals surface area (Å²) in [6.45, 7) is 5.21. The summed E-state index contributed by atoms with van der Waals surface area (Å²) >= 11 is 0. The molecule has 2 saturated carbocycles. The van der Waals surface area contributed by atoms with E-state index in [1.807, 2.05) is 0 Å². The van der Waals surface area contributed by atoms with Crippen molar-refractivity contribution in [1.82, 2.24) is 15.1 Å². The third-order valence-corrected chi connectivity index (χ3v) is 11.4. The van der Waals surface area contributed by atoms with E-state index in [-0.39, 0.29) is 42.4 Å². The van der Waals surface area contributed by atoms with Crippen molar-refractivity contribution in [2.45, 2.75) is 102 Å². The molecule has 0 aromatic carbocycles. The normalized spacial score (nSPS) is 36.5. The third-order valence-electron chi connectivity index (χ3n) is 11.4. The molecule has 2 aliphatic heterocycles. The number of carbonyl (C=O) groups is 2. The van der Waals surface area contributed by atoms with Crippen LogP contribution in [0.4, 0.5) is 0 Å². The molecular weight excluding hydrogens is 490 g/mol. The van der Waals surface area contributed by atoms with Crippen molar-refractivity contribution in [2.75, 3.05) is 46.0 Å². The van der Waals surface area contributed by atoms with E-state index >= 15 is 0 Å². The lowest BCUT2D eigenvalue weighted by molar-refractivity contribution is -0.164. The number of rotatable bonds is 7. The zero-order chi connectivity index (χ0) is 26.8. The average molecular weight is 542 g/mol. The zero-order valence-corrected chi connectivity index (χ0v) is 24.0. The molecule has 7 nitrogen and oxygen atoms in total. The van der Waals surface area contributed by atoms with Crippen LogP contribution < -0.4 is 5.32 Å². The van der Waals surface area contributed by atoms with E-state index in [1.54, 1.807) is 11.1 Å². The fourth-order valence-corrected chi connectivity index (χ4v) is 9.31. The molecular formula is C32H51N3O4. The number of fused-ring (bicyclic) bond motifs is 1. The lowest BCUT2D eigenvalue weighted by atomic mass is 9.61. The van der Waals surface area contributed by atoms with Crippen LogP contribution in [0.5, 0.6) is 0 Å². The molecule has 2 saturated heterocycles. The Morgan fingerprint density at radius 2 is 1.62 bits per heavy atom. The van der Waals surface area contributed by atoms with Gasteiger partial charge in [-0.3, -0.25) is 14.5 Å². The van der Waals surface area contributed by atoms with Crippen molar-refractivity contribution in [3.05, 3.63) is 11.1 Å². The summed E-state index contributed by atoms with van der Waals surface area (Å²) in [6, 6.07) is 0.249. The number of piperidine rings is 1. The standard InChI is InChI=1S/C32H51N3O4/c36-21-22-9-11-23(12-10-22)30-29(31(37)33-13-14-34-15-17-39-18-16-34)27-7-3-4-8-28(27)32(38)35(30)26-19-24-5-1-2-6-25(24)20-26/h22-23,26-30,36H,1-21H2,(H,33,37)/t22?,23?,27?,28?,29-,30+/m1/s1. The van der Waals surface area contributed by atoms with E-state index in [0.29, 0.717) is 24.3 Å². The molecule has 6 rings (SSSR count). The molecule has 0 spiro atoms. The van der Waals surface area contributed by atoms with Gasteiger partial charge < -0.3 is 20.1 Å². The first-order chi connectivity index (χ1) is 19.1. The van der Waals surface area contributed by atoms with Gasteiger partial charge in [0.15, 0.2) is 0 Å². The van der Waals surface area contributed by atoms with Gasteiger partial charge in [0.05, 0.1) is 19.1 Å². The first-order valence-corrected chi connectivity index (χ1v) is 16.3. The number of nitrogens with zero attached hydrogens (tertiary/aromatic N) is 2. The molecule has 0 aromatic heterocycles. The predicted molar refractivity (Wildman–Crippen MR) is 151 cm³/mol. The number of aliphatic hydroxyl groups excluding tert-OH is 1. The monoisotopic (exact) mass is 541 g/mol. The van der Waals surface area contributed by atoms with E-state index in [0.717, 1.165) is 97.1 Å². The number of amides is 2. The van der Waals surface area contributed by atoms with Gasteiger partial charge in [-0.1, -0.05) is 24.0 Å². The van der Waals surface area contributed by atoms with E-state index in [2.05, 4.69) is 15.1 Å². The highest BCUT2D eigenvalue weighted by molar-refractivity contribution is 5.87. The summed E-state index contributed by atoms with van der Waals surface area (Å²) < 4.78 is 5.50. The zero-order valence-electron chi connectivity index (χ0n) is 24.0. The number of hydrogen-bond acceptors (Lipinski definition) is 5. The summed E-state index contributed by atoms with van der Waals surface area (Å²) in [4.78, 5) is 33.4. The Hall–Kier alpha value is -1.44. The molecule has 4 aliphatic carbocycles. The Labute approximate surface area is 235 Å². The van der Waals surface area contributed by atoms with Crippen LogP contribution in [0.1, 0.15) is 89.9 Å². The molecule has 6 aliphatic rings. The molecule has 4 atom stereocenters. The fraction of sp³-hybridized carbons (Fsp3) is 0.875. The maximum absolute atomic E-state index is 14.4. The van der Waals surface area contributed by atoms with Crippen molar-refractivity contribution in [3.8, 4) is 0 Å². The number of carbonyl (C=O) groups excluding carboxylic acids is 2. The third kappa shape index (κ3) is 5.83. The minimum atomic E-state index is -0.106. The number of hydrogen-bond donors (Lipinski definition) is 2. The largest absolute Gasteiger partial charge is 0.396 e. The van der Waals surface area contributed by atoms with Gasteiger partial charge in [-0.05, 0) is 94.8 Å². The lowest BCUT2D eigenvalue weighted by Crippen LogP contribution is -2.65. The molecule has 0 radical (unpaired) electrons. The van der Waals surface area contributed by atoms with E-state index < -0.39 is 0 Å². The van der Waals surface area contributed by atoms with Crippen LogP contribution in [-0.4, -0.2) is 84.8 Å². The molecule has 218 valence electrons. The molecule has 0 aromatic rings. The Morgan fingerprint density at radius 1 is 0.923 bits per heavy atom. The number of morpholine rings is 1. The molecule has 2 N–H and O–H groups in total. The van der Waals surface area contributed by atoms with Gasteiger partial charge >= 0.3 is 0 Å². The van der Waals surface area contributed by atoms with Crippen LogP contribution in [0.3, 0.4) is 0 Å². The van der Waals surface area contributed by atoms with Crippen LogP contribution >= 0.6 is 0 Å². The SMILES string of the molecule is O=C(NCCN1CCOCC1)[C@@H]1C2CCCCC2C(=O)N(C2CC3=C(CCCC3)C2)[C@H]1C1CCC(CO)CC1. The number of ether oxygens (including phenoxy) is 1. The first kappa shape index (κ1) is 27.7. The summed E-state index contributed by atoms with van der Waals surface area (Å²) in [7, 11) is 0. The molecule has 0 bridgehead atoms. The second-order valence-electron chi connectivity index (χ2n) is 13.5. The lowest BCUT2D eigenvalue weighted by Gasteiger charge is -2.55. The summed E-state index contributed by atoms with van der Waals surface area (Å²) in [5.41, 5.74) is 3.25. The van der Waals surface area contributed by atoms with Gasteiger partial charge in [-0.25, -0.2) is 0 Å². The Kier molecular flexibility index (Phi) is 8.96. The van der Waals surface area contributed by atoms with E-state index in [9.17, 15) is 14.7 Å². The fourth-order valence-electron chi connectivity index (χ4n) is 9.31. The van der Waals surface area contributed by atoms with Gasteiger partial charge in [-0.2, -0.15) is 0 Å². The maximum atomic E-state index is 14.4. The molecule has 4 fully saturated rings. The summed E-state index contributed by atoms with van der Waals surface area (Å²) in [5.74, 6) is 1.38. The highest BCUT2D eigenvalue weighted by atomic mass is 16.5. The molecule has 2 heterocycles. The Morgan fingerprint density at radius 3 is 2.31 bits per heavy atom. The molecule has 2 unspecified atom stereocenters. The number of aliphatic hydroxyl groups is 1. The smallest absolute Gasteiger partial charge is 0.226 e. The van der Waals surface area contributed by atoms with Crippen molar-refractivity contribution >= 4 is 11.8 Å². The summed E-state index contributed by atoms with van der Waals surface area (Å²) in [5, 5.41) is 13.2. The molecule has 39 heavy (non-hydrogen) atoms. The van der Waals surface area contributed by atoms with Gasteiger partial charge in [0.25, 0.3) is 0 Å². The number of nitrogens with one attached hydrogen (secondary N) is 1. The highest BCUT2D eigenvalue weighted by Gasteiger charge is 2.56. The Balaban J connectivity index is 1.26. The van der Waals surface area contributed by atoms with Gasteiger partial charge in [0.2, 0.25) is 11.8 Å². The molecule has 7 heteroatoms. The van der Waals surface area contributed by atoms with Crippen molar-refractivity contribution in [2.24, 2.45) is 29.6 Å². The molecule has 2 amide bonds. The topological polar surface area (TPSA) is 82.1 Å². The van der Waals surface area contributed by atoms with Crippen molar-refractivity contribution < 1.29 is 19.4 Å². The van der Waals surface area contributed by atoms with Gasteiger partial charge in [-0.15, -0.1) is 0 Å². The average Bonchev–Trinajstić information content (AvgIpc) is 3.41. The van der Waals surface area contributed by atoms with Crippen LogP contribution in [0, 0.1) is 29.6 Å². The first-order valence-electron chi connectivity index (χ1n) is 16.3. The van der Waals surface area contributed by atoms with E-state index in [1.165, 1.54) is 25.7 Å². The minimum absolute atomic E-state index is 0.00577. The van der Waals surface area contributed by atoms with Gasteiger partial charge in [0.1, 0.15) is 0 Å². The Bertz CT molecular complexity index is 889. The maximum Gasteiger partial charge on any atom is 0.226 e. The quantitative estimate of drug-likeness (QED) is 0.478. The van der Waals surface area contributed by atoms with Crippen LogP contribution in [-0.2, 0) is 14.3 Å². The highest BCUT2D eigenvalue weighted by Crippen LogP contribution is 2.51. The van der Waals surface area contributed by atoms with Crippen LogP contribution in [0.25, 0.3) is 0 Å². The minimum Gasteiger partial charge on any atom is -0.396 e. The van der Waals surface area contributed by atoms with Gasteiger partial charge in [0, 0.05) is 50.8 Å². The second-order valence-corrected chi connectivity index (χ2v) is 13.5. The van der Waals surface area contributed by atoms with E-state index in [4.69, 9.17) is 4.74 Å². The van der Waals surface area contributed by atoms with Crippen LogP contribution in [0.15, 0.2) is 11.1 Å².